The molecule has 2 aromatic rings. The van der Waals surface area contributed by atoms with Crippen molar-refractivity contribution in [3.05, 3.63) is 28.4 Å². The third-order valence-corrected chi connectivity index (χ3v) is 2.50. The van der Waals surface area contributed by atoms with Crippen LogP contribution in [0.15, 0.2) is 21.3 Å². The predicted octanol–water partition coefficient (Wildman–Crippen LogP) is 0.148. The van der Waals surface area contributed by atoms with Gasteiger partial charge in [-0.2, -0.15) is 5.10 Å². The molecule has 0 saturated heterocycles. The fourth-order valence-corrected chi connectivity index (χ4v) is 1.42. The maximum atomic E-state index is 10.8. The fraction of sp³-hybridized carbons (Fsp3) is 0.400. The molecule has 18 heavy (non-hydrogen) atoms. The van der Waals surface area contributed by atoms with E-state index in [1.165, 1.54) is 25.0 Å². The summed E-state index contributed by atoms with van der Waals surface area (Å²) in [5.74, 6) is 0.966. The summed E-state index contributed by atoms with van der Waals surface area (Å²) in [7, 11) is 0. The smallest absolute Gasteiger partial charge is 0.321 e. The number of anilines is 2. The molecule has 0 unspecified atom stereocenters. The van der Waals surface area contributed by atoms with Gasteiger partial charge in [-0.15, -0.1) is 5.10 Å². The molecule has 0 aliphatic heterocycles. The average molecular weight is 248 g/mol. The maximum Gasteiger partial charge on any atom is 0.321 e. The van der Waals surface area contributed by atoms with Crippen LogP contribution >= 0.6 is 0 Å². The summed E-state index contributed by atoms with van der Waals surface area (Å²) >= 11 is 0. The van der Waals surface area contributed by atoms with Gasteiger partial charge >= 0.3 is 6.01 Å². The Kier molecular flexibility index (Phi) is 2.77. The minimum atomic E-state index is -0.264. The lowest BCUT2D eigenvalue weighted by Crippen LogP contribution is -2.15. The second-order valence-corrected chi connectivity index (χ2v) is 4.09. The quantitative estimate of drug-likeness (QED) is 0.690. The van der Waals surface area contributed by atoms with Crippen molar-refractivity contribution >= 4 is 11.8 Å². The molecule has 0 bridgehead atoms. The van der Waals surface area contributed by atoms with Gasteiger partial charge in [-0.3, -0.25) is 10.1 Å². The van der Waals surface area contributed by atoms with Crippen LogP contribution in [0.1, 0.15) is 18.7 Å². The van der Waals surface area contributed by atoms with Crippen LogP contribution < -0.4 is 16.2 Å². The minimum Gasteiger partial charge on any atom is -0.406 e. The van der Waals surface area contributed by atoms with E-state index in [2.05, 4.69) is 31.0 Å². The lowest BCUT2D eigenvalue weighted by atomic mass is 10.5. The van der Waals surface area contributed by atoms with Crippen molar-refractivity contribution in [3.63, 3.8) is 0 Å². The highest BCUT2D eigenvalue weighted by molar-refractivity contribution is 5.43. The number of hydrogen-bond acceptors (Lipinski definition) is 7. The van der Waals surface area contributed by atoms with E-state index < -0.39 is 0 Å². The van der Waals surface area contributed by atoms with Crippen molar-refractivity contribution in [2.45, 2.75) is 25.4 Å². The van der Waals surface area contributed by atoms with E-state index in [0.29, 0.717) is 24.3 Å². The third kappa shape index (κ3) is 2.72. The van der Waals surface area contributed by atoms with E-state index in [1.54, 1.807) is 0 Å². The highest BCUT2D eigenvalue weighted by Crippen LogP contribution is 2.19. The topological polar surface area (TPSA) is 109 Å². The largest absolute Gasteiger partial charge is 0.406 e. The Morgan fingerprint density at radius 1 is 1.39 bits per heavy atom. The third-order valence-electron chi connectivity index (χ3n) is 2.50. The van der Waals surface area contributed by atoms with Crippen LogP contribution in [-0.4, -0.2) is 26.4 Å². The van der Waals surface area contributed by atoms with E-state index in [-0.39, 0.29) is 11.6 Å². The normalized spacial score (nSPS) is 14.7. The number of aromatic nitrogens is 4. The Hall–Kier alpha value is -2.22. The summed E-state index contributed by atoms with van der Waals surface area (Å²) in [4.78, 5) is 10.8. The number of aromatic amines is 1. The van der Waals surface area contributed by atoms with Gasteiger partial charge in [-0.25, -0.2) is 5.10 Å². The summed E-state index contributed by atoms with van der Waals surface area (Å²) in [5, 5.41) is 19.9. The summed E-state index contributed by atoms with van der Waals surface area (Å²) < 4.78 is 5.37. The van der Waals surface area contributed by atoms with Crippen LogP contribution in [0.4, 0.5) is 11.8 Å². The SMILES string of the molecule is O=c1ccc(Nc2nnc(CNC3CC3)o2)n[nH]1. The molecule has 0 amide bonds. The molecule has 1 fully saturated rings. The zero-order valence-corrected chi connectivity index (χ0v) is 9.51. The summed E-state index contributed by atoms with van der Waals surface area (Å²) in [6.07, 6.45) is 2.42. The second-order valence-electron chi connectivity index (χ2n) is 4.09. The van der Waals surface area contributed by atoms with Crippen LogP contribution in [0.25, 0.3) is 0 Å². The molecule has 0 aromatic carbocycles. The molecule has 1 saturated carbocycles. The van der Waals surface area contributed by atoms with E-state index >= 15 is 0 Å². The zero-order chi connectivity index (χ0) is 12.4. The Morgan fingerprint density at radius 2 is 2.28 bits per heavy atom. The summed E-state index contributed by atoms with van der Waals surface area (Å²) in [5.41, 5.74) is -0.264. The van der Waals surface area contributed by atoms with Crippen molar-refractivity contribution in [2.75, 3.05) is 5.32 Å². The fourth-order valence-electron chi connectivity index (χ4n) is 1.42. The van der Waals surface area contributed by atoms with Gasteiger partial charge in [0.25, 0.3) is 5.56 Å². The average Bonchev–Trinajstić information content (AvgIpc) is 3.10. The molecule has 8 heteroatoms. The molecular weight excluding hydrogens is 236 g/mol. The van der Waals surface area contributed by atoms with Crippen LogP contribution in [0, 0.1) is 0 Å². The number of H-pyrrole nitrogens is 1. The Balaban J connectivity index is 1.61. The Morgan fingerprint density at radius 3 is 3.00 bits per heavy atom. The molecule has 1 aliphatic rings. The van der Waals surface area contributed by atoms with Gasteiger partial charge in [0.05, 0.1) is 6.54 Å². The molecule has 1 aliphatic carbocycles. The van der Waals surface area contributed by atoms with Crippen molar-refractivity contribution < 1.29 is 4.42 Å². The molecule has 0 spiro atoms. The molecule has 0 atom stereocenters. The lowest BCUT2D eigenvalue weighted by Gasteiger charge is -1.98. The standard InChI is InChI=1S/C10H12N6O2/c17-8-4-3-7(13-14-8)12-10-16-15-9(18-10)5-11-6-1-2-6/h3-4,6,11H,1-2,5H2,(H,14,17)(H,12,13,16). The van der Waals surface area contributed by atoms with E-state index in [9.17, 15) is 4.79 Å². The summed E-state index contributed by atoms with van der Waals surface area (Å²) in [6.45, 7) is 0.568. The van der Waals surface area contributed by atoms with Gasteiger partial charge in [0, 0.05) is 12.1 Å². The number of hydrogen-bond donors (Lipinski definition) is 3. The van der Waals surface area contributed by atoms with Crippen LogP contribution in [0.5, 0.6) is 0 Å². The monoisotopic (exact) mass is 248 g/mol. The van der Waals surface area contributed by atoms with Crippen LogP contribution in [0.3, 0.4) is 0 Å². The van der Waals surface area contributed by atoms with Gasteiger partial charge in [0.15, 0.2) is 5.82 Å². The highest BCUT2D eigenvalue weighted by Gasteiger charge is 2.21. The molecule has 3 rings (SSSR count). The number of rotatable bonds is 5. The molecular formula is C10H12N6O2. The van der Waals surface area contributed by atoms with Crippen LogP contribution in [0.2, 0.25) is 0 Å². The maximum absolute atomic E-state index is 10.8. The first-order chi connectivity index (χ1) is 8.79. The predicted molar refractivity (Wildman–Crippen MR) is 62.3 cm³/mol. The molecule has 3 N–H and O–H groups in total. The Labute approximate surface area is 102 Å². The number of nitrogens with zero attached hydrogens (tertiary/aromatic N) is 3. The highest BCUT2D eigenvalue weighted by atomic mass is 16.4. The van der Waals surface area contributed by atoms with Gasteiger partial charge in [0.1, 0.15) is 0 Å². The molecule has 8 nitrogen and oxygen atoms in total. The van der Waals surface area contributed by atoms with Gasteiger partial charge in [0.2, 0.25) is 5.89 Å². The lowest BCUT2D eigenvalue weighted by molar-refractivity contribution is 0.478. The number of nitrogens with one attached hydrogen (secondary N) is 3. The molecule has 2 heterocycles. The molecule has 2 aromatic heterocycles. The first-order valence-electron chi connectivity index (χ1n) is 5.68. The van der Waals surface area contributed by atoms with Gasteiger partial charge < -0.3 is 9.73 Å². The molecule has 0 radical (unpaired) electrons. The van der Waals surface area contributed by atoms with Crippen molar-refractivity contribution in [3.8, 4) is 0 Å². The first-order valence-corrected chi connectivity index (χ1v) is 5.68. The second kappa shape index (κ2) is 4.57. The van der Waals surface area contributed by atoms with Crippen molar-refractivity contribution in [1.82, 2.24) is 25.7 Å². The van der Waals surface area contributed by atoms with Crippen LogP contribution in [-0.2, 0) is 6.54 Å². The molecule has 94 valence electrons. The van der Waals surface area contributed by atoms with Gasteiger partial charge in [-0.05, 0) is 18.9 Å². The van der Waals surface area contributed by atoms with E-state index in [0.717, 1.165) is 0 Å². The zero-order valence-electron chi connectivity index (χ0n) is 9.51. The van der Waals surface area contributed by atoms with E-state index in [4.69, 9.17) is 4.42 Å². The minimum absolute atomic E-state index is 0.252. The van der Waals surface area contributed by atoms with E-state index in [1.807, 2.05) is 0 Å². The van der Waals surface area contributed by atoms with Crippen molar-refractivity contribution in [2.24, 2.45) is 0 Å². The summed E-state index contributed by atoms with van der Waals surface area (Å²) in [6, 6.07) is 3.74. The van der Waals surface area contributed by atoms with Crippen molar-refractivity contribution in [1.29, 1.82) is 0 Å². The van der Waals surface area contributed by atoms with Gasteiger partial charge in [-0.1, -0.05) is 5.10 Å². The Bertz CT molecular complexity index is 568. The first kappa shape index (κ1) is 10.9.